The maximum Gasteiger partial charge on any atom is 0.180 e. The summed E-state index contributed by atoms with van der Waals surface area (Å²) in [5.74, 6) is 1.55. The molecule has 0 radical (unpaired) electrons. The van der Waals surface area contributed by atoms with Crippen molar-refractivity contribution < 1.29 is 19.0 Å². The van der Waals surface area contributed by atoms with Crippen LogP contribution in [0.1, 0.15) is 44.4 Å². The Balaban J connectivity index is 1.86. The molecule has 1 aromatic carbocycles. The third kappa shape index (κ3) is 2.93. The van der Waals surface area contributed by atoms with E-state index >= 15 is 0 Å². The number of hydroxylamine groups is 2. The van der Waals surface area contributed by atoms with Crippen LogP contribution in [0.15, 0.2) is 12.1 Å². The first-order valence-corrected chi connectivity index (χ1v) is 7.77. The lowest BCUT2D eigenvalue weighted by Gasteiger charge is -2.30. The zero-order chi connectivity index (χ0) is 15.9. The quantitative estimate of drug-likeness (QED) is 0.858. The van der Waals surface area contributed by atoms with Crippen LogP contribution in [-0.2, 0) is 16.0 Å². The maximum absolute atomic E-state index is 5.99. The lowest BCUT2D eigenvalue weighted by Crippen LogP contribution is -2.31. The highest BCUT2D eigenvalue weighted by molar-refractivity contribution is 5.49. The van der Waals surface area contributed by atoms with Crippen LogP contribution in [0.4, 0.5) is 0 Å². The molecule has 5 heteroatoms. The molecule has 2 aliphatic heterocycles. The van der Waals surface area contributed by atoms with Crippen molar-refractivity contribution >= 4 is 0 Å². The number of rotatable bonds is 3. The van der Waals surface area contributed by atoms with E-state index in [9.17, 15) is 0 Å². The molecule has 1 aromatic rings. The summed E-state index contributed by atoms with van der Waals surface area (Å²) in [6.45, 7) is 7.03. The molecule has 5 nitrogen and oxygen atoms in total. The van der Waals surface area contributed by atoms with Crippen molar-refractivity contribution in [3.05, 3.63) is 23.3 Å². The molecule has 1 fully saturated rings. The fourth-order valence-corrected chi connectivity index (χ4v) is 3.22. The molecule has 0 N–H and O–H groups in total. The summed E-state index contributed by atoms with van der Waals surface area (Å²) in [5.41, 5.74) is 2.35. The Hall–Kier alpha value is -1.30. The second-order valence-electron chi connectivity index (χ2n) is 6.81. The number of fused-ring (bicyclic) bond motifs is 3. The Labute approximate surface area is 132 Å². The zero-order valence-corrected chi connectivity index (χ0v) is 14.0. The van der Waals surface area contributed by atoms with E-state index in [0.717, 1.165) is 30.9 Å². The third-order valence-corrected chi connectivity index (χ3v) is 4.11. The van der Waals surface area contributed by atoms with Crippen molar-refractivity contribution in [2.24, 2.45) is 0 Å². The molecule has 2 heterocycles. The smallest absolute Gasteiger partial charge is 0.180 e. The summed E-state index contributed by atoms with van der Waals surface area (Å²) in [6.07, 6.45) is 1.58. The van der Waals surface area contributed by atoms with Gasteiger partial charge in [0, 0.05) is 13.0 Å². The average molecular weight is 307 g/mol. The summed E-state index contributed by atoms with van der Waals surface area (Å²) in [5, 5.41) is 2.05. The Morgan fingerprint density at radius 1 is 1.14 bits per heavy atom. The Morgan fingerprint density at radius 2 is 1.82 bits per heavy atom. The maximum atomic E-state index is 5.99. The molecular weight excluding hydrogens is 282 g/mol. The number of hydrogen-bond acceptors (Lipinski definition) is 5. The number of ether oxygens (including phenoxy) is 3. The van der Waals surface area contributed by atoms with Gasteiger partial charge in [-0.05, 0) is 50.5 Å². The van der Waals surface area contributed by atoms with Crippen molar-refractivity contribution in [1.82, 2.24) is 5.06 Å². The molecule has 0 aliphatic carbocycles. The van der Waals surface area contributed by atoms with Gasteiger partial charge in [-0.1, -0.05) is 0 Å². The first kappa shape index (κ1) is 15.6. The monoisotopic (exact) mass is 307 g/mol. The van der Waals surface area contributed by atoms with Crippen molar-refractivity contribution in [3.8, 4) is 11.5 Å². The summed E-state index contributed by atoms with van der Waals surface area (Å²) >= 11 is 0. The second-order valence-corrected chi connectivity index (χ2v) is 6.81. The van der Waals surface area contributed by atoms with Gasteiger partial charge in [0.25, 0.3) is 0 Å². The zero-order valence-electron chi connectivity index (χ0n) is 14.0. The molecule has 122 valence electrons. The van der Waals surface area contributed by atoms with Crippen LogP contribution in [0.2, 0.25) is 0 Å². The van der Waals surface area contributed by atoms with E-state index in [2.05, 4.69) is 32.9 Å². The van der Waals surface area contributed by atoms with Gasteiger partial charge in [-0.15, -0.1) is 0 Å². The molecule has 22 heavy (non-hydrogen) atoms. The minimum atomic E-state index is -0.209. The Kier molecular flexibility index (Phi) is 4.05. The summed E-state index contributed by atoms with van der Waals surface area (Å²) in [4.78, 5) is 5.97. The van der Waals surface area contributed by atoms with Gasteiger partial charge >= 0.3 is 0 Å². The van der Waals surface area contributed by atoms with Gasteiger partial charge in [0.1, 0.15) is 0 Å². The molecule has 0 aromatic heterocycles. The molecule has 0 bridgehead atoms. The molecule has 1 saturated heterocycles. The van der Waals surface area contributed by atoms with Gasteiger partial charge in [-0.25, -0.2) is 0 Å². The standard InChI is InChI=1S/C17H25NO4/c1-17(2,3)21-16-10-13-12-9-15(20-5)14(19-4)8-11(12)6-7-18(13)22-16/h8-9,13,16H,6-7,10H2,1-5H3/t13-,16-/m0/s1. The van der Waals surface area contributed by atoms with Crippen LogP contribution >= 0.6 is 0 Å². The molecule has 2 aliphatic rings. The van der Waals surface area contributed by atoms with E-state index in [1.165, 1.54) is 11.1 Å². The highest BCUT2D eigenvalue weighted by atomic mass is 16.8. The van der Waals surface area contributed by atoms with Crippen LogP contribution in [-0.4, -0.2) is 37.7 Å². The minimum absolute atomic E-state index is 0.191. The van der Waals surface area contributed by atoms with Gasteiger partial charge in [0.2, 0.25) is 0 Å². The average Bonchev–Trinajstić information content (AvgIpc) is 2.86. The van der Waals surface area contributed by atoms with Gasteiger partial charge in [-0.3, -0.25) is 4.84 Å². The summed E-state index contributed by atoms with van der Waals surface area (Å²) < 4.78 is 16.8. The number of hydrogen-bond donors (Lipinski definition) is 0. The normalized spacial score (nSPS) is 24.8. The lowest BCUT2D eigenvalue weighted by atomic mass is 9.92. The Morgan fingerprint density at radius 3 is 2.45 bits per heavy atom. The van der Waals surface area contributed by atoms with Crippen LogP contribution in [0.5, 0.6) is 11.5 Å². The SMILES string of the molecule is COc1cc2c(cc1OC)[C@@H]1C[C@@H](OC(C)(C)C)ON1CC2. The van der Waals surface area contributed by atoms with Crippen LogP contribution in [0.3, 0.4) is 0 Å². The molecule has 3 rings (SSSR count). The first-order valence-electron chi connectivity index (χ1n) is 7.77. The number of benzene rings is 1. The van der Waals surface area contributed by atoms with Crippen LogP contribution in [0.25, 0.3) is 0 Å². The van der Waals surface area contributed by atoms with Crippen molar-refractivity contribution in [3.63, 3.8) is 0 Å². The third-order valence-electron chi connectivity index (χ3n) is 4.11. The number of nitrogens with zero attached hydrogens (tertiary/aromatic N) is 1. The van der Waals surface area contributed by atoms with E-state index < -0.39 is 0 Å². The predicted octanol–water partition coefficient (Wildman–Crippen LogP) is 3.08. The molecular formula is C17H25NO4. The predicted molar refractivity (Wildman–Crippen MR) is 83.0 cm³/mol. The molecule has 0 amide bonds. The first-order chi connectivity index (χ1) is 10.4. The fourth-order valence-electron chi connectivity index (χ4n) is 3.22. The highest BCUT2D eigenvalue weighted by Gasteiger charge is 2.40. The molecule has 0 unspecified atom stereocenters. The minimum Gasteiger partial charge on any atom is -0.493 e. The van der Waals surface area contributed by atoms with E-state index in [4.69, 9.17) is 19.0 Å². The molecule has 2 atom stereocenters. The highest BCUT2D eigenvalue weighted by Crippen LogP contribution is 2.44. The number of methoxy groups -OCH3 is 2. The lowest BCUT2D eigenvalue weighted by molar-refractivity contribution is -0.266. The van der Waals surface area contributed by atoms with Crippen molar-refractivity contribution in [1.29, 1.82) is 0 Å². The van der Waals surface area contributed by atoms with Gasteiger partial charge < -0.3 is 14.2 Å². The van der Waals surface area contributed by atoms with E-state index in [0.29, 0.717) is 0 Å². The second kappa shape index (κ2) is 5.72. The van der Waals surface area contributed by atoms with Gasteiger partial charge in [0.05, 0.1) is 25.9 Å². The van der Waals surface area contributed by atoms with E-state index in [-0.39, 0.29) is 17.9 Å². The summed E-state index contributed by atoms with van der Waals surface area (Å²) in [6, 6.07) is 4.38. The van der Waals surface area contributed by atoms with Gasteiger partial charge in [0.15, 0.2) is 17.8 Å². The van der Waals surface area contributed by atoms with Crippen LogP contribution in [0, 0.1) is 0 Å². The fraction of sp³-hybridized carbons (Fsp3) is 0.647. The van der Waals surface area contributed by atoms with Crippen molar-refractivity contribution in [2.75, 3.05) is 20.8 Å². The topological polar surface area (TPSA) is 40.2 Å². The molecule has 0 saturated carbocycles. The van der Waals surface area contributed by atoms with Gasteiger partial charge in [-0.2, -0.15) is 5.06 Å². The molecule has 0 spiro atoms. The van der Waals surface area contributed by atoms with Crippen LogP contribution < -0.4 is 9.47 Å². The Bertz CT molecular complexity index is 552. The van der Waals surface area contributed by atoms with E-state index in [1.54, 1.807) is 14.2 Å². The largest absolute Gasteiger partial charge is 0.493 e. The summed E-state index contributed by atoms with van der Waals surface area (Å²) in [7, 11) is 3.34. The van der Waals surface area contributed by atoms with E-state index in [1.807, 2.05) is 5.06 Å². The van der Waals surface area contributed by atoms with Crippen molar-refractivity contribution in [2.45, 2.75) is 51.5 Å².